The molecule has 1 aliphatic heterocycles. The van der Waals surface area contributed by atoms with Crippen LogP contribution in [-0.4, -0.2) is 37.5 Å². The lowest BCUT2D eigenvalue weighted by Gasteiger charge is -2.34. The van der Waals surface area contributed by atoms with Crippen molar-refractivity contribution in [3.05, 3.63) is 10.5 Å². The predicted molar refractivity (Wildman–Crippen MR) is 78.5 cm³/mol. The summed E-state index contributed by atoms with van der Waals surface area (Å²) in [7, 11) is 3.22. The van der Waals surface area contributed by atoms with E-state index in [1.54, 1.807) is 16.0 Å². The van der Waals surface area contributed by atoms with E-state index >= 15 is 0 Å². The molecule has 1 saturated heterocycles. The Morgan fingerprint density at radius 3 is 2.67 bits per heavy atom. The molecule has 0 amide bonds. The lowest BCUT2D eigenvalue weighted by atomic mass is 9.79. The number of ether oxygens (including phenoxy) is 3. The van der Waals surface area contributed by atoms with E-state index in [2.05, 4.69) is 21.2 Å². The zero-order valence-electron chi connectivity index (χ0n) is 10.9. The molecule has 1 fully saturated rings. The van der Waals surface area contributed by atoms with E-state index in [0.717, 1.165) is 10.5 Å². The van der Waals surface area contributed by atoms with Gasteiger partial charge in [-0.2, -0.15) is 0 Å². The lowest BCUT2D eigenvalue weighted by molar-refractivity contribution is -0.154. The predicted octanol–water partition coefficient (Wildman–Crippen LogP) is 2.71. The Labute approximate surface area is 123 Å². The second-order valence-electron chi connectivity index (χ2n) is 5.00. The topological polar surface area (TPSA) is 44.8 Å². The number of allylic oxidation sites excluding steroid dienone is 1. The van der Waals surface area contributed by atoms with Crippen molar-refractivity contribution in [2.45, 2.75) is 38.8 Å². The fourth-order valence-corrected chi connectivity index (χ4v) is 4.84. The number of Topliss-reactive ketones (excluding diaryl/α,β-unsaturated/α-hetero) is 1. The molecule has 1 aliphatic carbocycles. The third-order valence-corrected chi connectivity index (χ3v) is 5.42. The van der Waals surface area contributed by atoms with Crippen LogP contribution < -0.4 is 0 Å². The molecule has 0 spiro atoms. The average molecular weight is 384 g/mol. The van der Waals surface area contributed by atoms with Gasteiger partial charge in [0.1, 0.15) is 12.2 Å². The number of rotatable bonds is 4. The summed E-state index contributed by atoms with van der Waals surface area (Å²) in [6, 6.07) is 0. The monoisotopic (exact) mass is 384 g/mol. The maximum absolute atomic E-state index is 12.0. The largest absolute Gasteiger partial charge is 0.382 e. The van der Waals surface area contributed by atoms with E-state index in [-0.39, 0.29) is 23.9 Å². The Kier molecular flexibility index (Phi) is 4.43. The van der Waals surface area contributed by atoms with E-state index in [1.807, 2.05) is 20.8 Å². The standard InChI is InChI=1S/C12H17IO4S/c1-6-9(14)8(11(6)18-13)10-7(5-15-4)16-12(2,3)17-10/h7-8,10H,5H2,1-4H3. The molecule has 0 bridgehead atoms. The fraction of sp³-hybridized carbons (Fsp3) is 0.750. The molecule has 1 heterocycles. The van der Waals surface area contributed by atoms with Crippen LogP contribution in [-0.2, 0) is 19.0 Å². The Balaban J connectivity index is 2.20. The van der Waals surface area contributed by atoms with Gasteiger partial charge in [-0.3, -0.25) is 4.79 Å². The van der Waals surface area contributed by atoms with Crippen LogP contribution in [0.5, 0.6) is 0 Å². The van der Waals surface area contributed by atoms with Gasteiger partial charge in [0.15, 0.2) is 11.6 Å². The van der Waals surface area contributed by atoms with Crippen LogP contribution in [0.4, 0.5) is 0 Å². The molecule has 2 aliphatic rings. The third-order valence-electron chi connectivity index (χ3n) is 3.27. The molecular formula is C12H17IO4S. The van der Waals surface area contributed by atoms with Crippen molar-refractivity contribution in [2.24, 2.45) is 5.92 Å². The molecule has 4 nitrogen and oxygen atoms in total. The van der Waals surface area contributed by atoms with E-state index in [1.165, 1.54) is 0 Å². The fourth-order valence-electron chi connectivity index (χ4n) is 2.47. The third kappa shape index (κ3) is 2.49. The Bertz CT molecular complexity index is 394. The van der Waals surface area contributed by atoms with Crippen LogP contribution in [0.1, 0.15) is 20.8 Å². The Hall–Kier alpha value is 0.370. The summed E-state index contributed by atoms with van der Waals surface area (Å²) in [4.78, 5) is 13.1. The number of methoxy groups -OCH3 is 1. The maximum atomic E-state index is 12.0. The van der Waals surface area contributed by atoms with Crippen molar-refractivity contribution in [1.29, 1.82) is 0 Å². The summed E-state index contributed by atoms with van der Waals surface area (Å²) < 4.78 is 16.9. The first-order chi connectivity index (χ1) is 8.41. The van der Waals surface area contributed by atoms with Crippen molar-refractivity contribution >= 4 is 35.9 Å². The SMILES string of the molecule is COCC1OC(C)(C)OC1C1C(=O)C(C)=C1SI. The van der Waals surface area contributed by atoms with Crippen LogP contribution in [0.15, 0.2) is 10.5 Å². The van der Waals surface area contributed by atoms with Crippen molar-refractivity contribution in [3.8, 4) is 0 Å². The van der Waals surface area contributed by atoms with Crippen LogP contribution in [0.25, 0.3) is 0 Å². The smallest absolute Gasteiger partial charge is 0.170 e. The molecule has 2 rings (SSSR count). The number of hydrogen-bond donors (Lipinski definition) is 0. The quantitative estimate of drug-likeness (QED) is 0.698. The van der Waals surface area contributed by atoms with Crippen molar-refractivity contribution in [3.63, 3.8) is 0 Å². The molecule has 0 N–H and O–H groups in total. The second kappa shape index (κ2) is 5.40. The van der Waals surface area contributed by atoms with Gasteiger partial charge >= 0.3 is 0 Å². The second-order valence-corrected chi connectivity index (χ2v) is 6.92. The Morgan fingerprint density at radius 1 is 1.44 bits per heavy atom. The van der Waals surface area contributed by atoms with Crippen molar-refractivity contribution in [1.82, 2.24) is 0 Å². The number of carbonyl (C=O) groups excluding carboxylic acids is 1. The average Bonchev–Trinajstić information content (AvgIpc) is 2.59. The lowest BCUT2D eigenvalue weighted by Crippen LogP contribution is -2.44. The first-order valence-electron chi connectivity index (χ1n) is 5.79. The van der Waals surface area contributed by atoms with Crippen molar-refractivity contribution in [2.75, 3.05) is 13.7 Å². The highest BCUT2D eigenvalue weighted by Crippen LogP contribution is 2.48. The number of hydrogen-bond acceptors (Lipinski definition) is 5. The number of ketones is 1. The van der Waals surface area contributed by atoms with E-state index in [0.29, 0.717) is 6.61 Å². The van der Waals surface area contributed by atoms with Gasteiger partial charge in [-0.1, -0.05) is 8.93 Å². The van der Waals surface area contributed by atoms with Crippen LogP contribution in [0, 0.1) is 5.92 Å². The van der Waals surface area contributed by atoms with Gasteiger partial charge in [-0.05, 0) is 20.8 Å². The normalized spacial score (nSPS) is 34.9. The molecule has 0 aromatic heterocycles. The van der Waals surface area contributed by atoms with Gasteiger partial charge in [0.05, 0.1) is 12.5 Å². The molecular weight excluding hydrogens is 367 g/mol. The minimum Gasteiger partial charge on any atom is -0.382 e. The van der Waals surface area contributed by atoms with E-state index in [9.17, 15) is 4.79 Å². The highest BCUT2D eigenvalue weighted by molar-refractivity contribution is 14.2. The molecule has 18 heavy (non-hydrogen) atoms. The van der Waals surface area contributed by atoms with Crippen LogP contribution in [0.2, 0.25) is 0 Å². The number of carbonyl (C=O) groups is 1. The van der Waals surface area contributed by atoms with Crippen LogP contribution in [0.3, 0.4) is 0 Å². The van der Waals surface area contributed by atoms with Crippen molar-refractivity contribution < 1.29 is 19.0 Å². The van der Waals surface area contributed by atoms with E-state index in [4.69, 9.17) is 14.2 Å². The molecule has 6 heteroatoms. The first kappa shape index (κ1) is 14.8. The summed E-state index contributed by atoms with van der Waals surface area (Å²) in [5.41, 5.74) is 0.851. The zero-order valence-corrected chi connectivity index (χ0v) is 13.8. The summed E-state index contributed by atoms with van der Waals surface area (Å²) in [6.45, 7) is 6.04. The van der Waals surface area contributed by atoms with Gasteiger partial charge < -0.3 is 14.2 Å². The molecule has 3 unspecified atom stereocenters. The molecule has 102 valence electrons. The van der Waals surface area contributed by atoms with E-state index < -0.39 is 5.79 Å². The van der Waals surface area contributed by atoms with Gasteiger partial charge in [-0.15, -0.1) is 0 Å². The highest BCUT2D eigenvalue weighted by atomic mass is 127. The molecule has 0 radical (unpaired) electrons. The molecule has 3 atom stereocenters. The molecule has 0 aromatic carbocycles. The number of halogens is 1. The minimum atomic E-state index is -0.654. The summed E-state index contributed by atoms with van der Waals surface area (Å²) in [5.74, 6) is -0.672. The minimum absolute atomic E-state index is 0.168. The van der Waals surface area contributed by atoms with Gasteiger partial charge in [0, 0.05) is 38.8 Å². The van der Waals surface area contributed by atoms with Gasteiger partial charge in [0.25, 0.3) is 0 Å². The van der Waals surface area contributed by atoms with Gasteiger partial charge in [0.2, 0.25) is 0 Å². The maximum Gasteiger partial charge on any atom is 0.170 e. The van der Waals surface area contributed by atoms with Crippen LogP contribution >= 0.6 is 30.1 Å². The summed E-state index contributed by atoms with van der Waals surface area (Å²) in [5, 5.41) is 0. The highest BCUT2D eigenvalue weighted by Gasteiger charge is 2.52. The molecule has 0 saturated carbocycles. The summed E-state index contributed by atoms with van der Waals surface area (Å²) in [6.07, 6.45) is -0.431. The molecule has 0 aromatic rings. The summed E-state index contributed by atoms with van der Waals surface area (Å²) >= 11 is 2.21. The van der Waals surface area contributed by atoms with Gasteiger partial charge in [-0.25, -0.2) is 0 Å². The first-order valence-corrected chi connectivity index (χ1v) is 9.15. The Morgan fingerprint density at radius 2 is 2.11 bits per heavy atom. The zero-order chi connectivity index (χ0) is 13.5.